The van der Waals surface area contributed by atoms with Gasteiger partial charge in [0.15, 0.2) is 0 Å². The average molecular weight is 353 g/mol. The number of benzene rings is 1. The van der Waals surface area contributed by atoms with Crippen molar-refractivity contribution in [1.29, 1.82) is 0 Å². The van der Waals surface area contributed by atoms with E-state index in [0.717, 1.165) is 26.2 Å². The standard InChI is InChI=1S/C17H25BrN2O/c1-12(2)8-19-9-13-3-6-17(16(18)7-13)20-10-14-4-5-15(11-20)21-14/h3,6-7,12,14-15,19H,4-5,8-11H2,1-2H3. The van der Waals surface area contributed by atoms with E-state index in [9.17, 15) is 0 Å². The van der Waals surface area contributed by atoms with Crippen molar-refractivity contribution in [1.82, 2.24) is 5.32 Å². The molecule has 2 unspecified atom stereocenters. The molecule has 0 aromatic heterocycles. The average Bonchev–Trinajstić information content (AvgIpc) is 2.77. The summed E-state index contributed by atoms with van der Waals surface area (Å²) in [5.74, 6) is 0.691. The number of ether oxygens (including phenoxy) is 1. The normalized spacial score (nSPS) is 24.9. The first kappa shape index (κ1) is 15.3. The van der Waals surface area contributed by atoms with Gasteiger partial charge in [0.2, 0.25) is 0 Å². The van der Waals surface area contributed by atoms with Crippen LogP contribution in [0.1, 0.15) is 32.3 Å². The Kier molecular flexibility index (Phi) is 4.87. The van der Waals surface area contributed by atoms with E-state index in [2.05, 4.69) is 58.2 Å². The van der Waals surface area contributed by atoms with E-state index >= 15 is 0 Å². The Morgan fingerprint density at radius 1 is 1.29 bits per heavy atom. The summed E-state index contributed by atoms with van der Waals surface area (Å²) in [6, 6.07) is 6.74. The summed E-state index contributed by atoms with van der Waals surface area (Å²) in [7, 11) is 0. The second-order valence-corrected chi connectivity index (χ2v) is 7.53. The zero-order chi connectivity index (χ0) is 14.8. The van der Waals surface area contributed by atoms with Crippen molar-refractivity contribution in [3.05, 3.63) is 28.2 Å². The van der Waals surface area contributed by atoms with Crippen LogP contribution in [0.3, 0.4) is 0 Å². The van der Waals surface area contributed by atoms with E-state index in [1.165, 1.54) is 28.6 Å². The van der Waals surface area contributed by atoms with Gasteiger partial charge in [-0.1, -0.05) is 19.9 Å². The lowest BCUT2D eigenvalue weighted by molar-refractivity contribution is 0.0304. The van der Waals surface area contributed by atoms with E-state index in [1.54, 1.807) is 0 Å². The molecule has 21 heavy (non-hydrogen) atoms. The third-order valence-corrected chi connectivity index (χ3v) is 4.91. The Labute approximate surface area is 136 Å². The van der Waals surface area contributed by atoms with Crippen molar-refractivity contribution in [3.63, 3.8) is 0 Å². The maximum absolute atomic E-state index is 5.92. The summed E-state index contributed by atoms with van der Waals surface area (Å²) in [5, 5.41) is 3.50. The van der Waals surface area contributed by atoms with Gasteiger partial charge in [-0.2, -0.15) is 0 Å². The first-order chi connectivity index (χ1) is 10.1. The largest absolute Gasteiger partial charge is 0.371 e. The van der Waals surface area contributed by atoms with Gasteiger partial charge in [-0.3, -0.25) is 0 Å². The molecule has 1 aromatic rings. The number of nitrogens with one attached hydrogen (secondary N) is 1. The van der Waals surface area contributed by atoms with Gasteiger partial charge in [-0.05, 0) is 58.9 Å². The first-order valence-electron chi connectivity index (χ1n) is 8.01. The first-order valence-corrected chi connectivity index (χ1v) is 8.80. The summed E-state index contributed by atoms with van der Waals surface area (Å²) >= 11 is 3.75. The van der Waals surface area contributed by atoms with Crippen LogP contribution in [0.4, 0.5) is 5.69 Å². The van der Waals surface area contributed by atoms with Crippen molar-refractivity contribution in [3.8, 4) is 0 Å². The molecule has 2 heterocycles. The number of fused-ring (bicyclic) bond motifs is 2. The number of halogens is 1. The second kappa shape index (κ2) is 6.67. The second-order valence-electron chi connectivity index (χ2n) is 6.67. The van der Waals surface area contributed by atoms with Crippen LogP contribution in [0.5, 0.6) is 0 Å². The fraction of sp³-hybridized carbons (Fsp3) is 0.647. The summed E-state index contributed by atoms with van der Waals surface area (Å²) in [4.78, 5) is 2.47. The summed E-state index contributed by atoms with van der Waals surface area (Å²) in [5.41, 5.74) is 2.64. The molecule has 3 nitrogen and oxygen atoms in total. The number of rotatable bonds is 5. The van der Waals surface area contributed by atoms with Gasteiger partial charge >= 0.3 is 0 Å². The zero-order valence-electron chi connectivity index (χ0n) is 12.9. The van der Waals surface area contributed by atoms with Gasteiger partial charge in [0.25, 0.3) is 0 Å². The van der Waals surface area contributed by atoms with Gasteiger partial charge in [0, 0.05) is 24.1 Å². The summed E-state index contributed by atoms with van der Waals surface area (Å²) < 4.78 is 7.12. The molecule has 116 valence electrons. The van der Waals surface area contributed by atoms with Crippen LogP contribution in [0, 0.1) is 5.92 Å². The lowest BCUT2D eigenvalue weighted by atomic mass is 10.1. The molecule has 2 bridgehead atoms. The third-order valence-electron chi connectivity index (χ3n) is 4.28. The molecule has 1 N–H and O–H groups in total. The lowest BCUT2D eigenvalue weighted by Gasteiger charge is -2.34. The van der Waals surface area contributed by atoms with Gasteiger partial charge in [0.1, 0.15) is 0 Å². The molecule has 0 radical (unpaired) electrons. The highest BCUT2D eigenvalue weighted by Gasteiger charge is 2.34. The molecule has 1 aromatic carbocycles. The molecule has 0 amide bonds. The zero-order valence-corrected chi connectivity index (χ0v) is 14.5. The van der Waals surface area contributed by atoms with Crippen molar-refractivity contribution in [2.75, 3.05) is 24.5 Å². The fourth-order valence-corrected chi connectivity index (χ4v) is 3.91. The van der Waals surface area contributed by atoms with Crippen LogP contribution in [-0.4, -0.2) is 31.8 Å². The molecule has 2 aliphatic rings. The van der Waals surface area contributed by atoms with Crippen LogP contribution in [-0.2, 0) is 11.3 Å². The lowest BCUT2D eigenvalue weighted by Crippen LogP contribution is -2.42. The highest BCUT2D eigenvalue weighted by molar-refractivity contribution is 9.10. The van der Waals surface area contributed by atoms with Crippen molar-refractivity contribution >= 4 is 21.6 Å². The number of hydrogen-bond donors (Lipinski definition) is 1. The monoisotopic (exact) mass is 352 g/mol. The highest BCUT2D eigenvalue weighted by atomic mass is 79.9. The van der Waals surface area contributed by atoms with Crippen molar-refractivity contribution < 1.29 is 4.74 Å². The smallest absolute Gasteiger partial charge is 0.0755 e. The molecule has 2 atom stereocenters. The maximum atomic E-state index is 5.92. The topological polar surface area (TPSA) is 24.5 Å². The minimum atomic E-state index is 0.433. The molecule has 0 spiro atoms. The van der Waals surface area contributed by atoms with Gasteiger partial charge < -0.3 is 15.0 Å². The molecular weight excluding hydrogens is 328 g/mol. The van der Waals surface area contributed by atoms with Crippen molar-refractivity contribution in [2.24, 2.45) is 5.92 Å². The molecule has 0 aliphatic carbocycles. The van der Waals surface area contributed by atoms with E-state index in [0.29, 0.717) is 18.1 Å². The highest BCUT2D eigenvalue weighted by Crippen LogP contribution is 2.34. The van der Waals surface area contributed by atoms with Crippen molar-refractivity contribution in [2.45, 2.75) is 45.4 Å². The van der Waals surface area contributed by atoms with E-state index < -0.39 is 0 Å². The molecule has 3 rings (SSSR count). The van der Waals surface area contributed by atoms with Crippen LogP contribution in [0.2, 0.25) is 0 Å². The quantitative estimate of drug-likeness (QED) is 0.876. The summed E-state index contributed by atoms with van der Waals surface area (Å²) in [6.45, 7) is 8.52. The van der Waals surface area contributed by atoms with E-state index in [4.69, 9.17) is 4.74 Å². The Morgan fingerprint density at radius 2 is 2.00 bits per heavy atom. The van der Waals surface area contributed by atoms with E-state index in [-0.39, 0.29) is 0 Å². The molecule has 2 fully saturated rings. The predicted molar refractivity (Wildman–Crippen MR) is 90.8 cm³/mol. The molecule has 4 heteroatoms. The van der Waals surface area contributed by atoms with Crippen LogP contribution in [0.15, 0.2) is 22.7 Å². The van der Waals surface area contributed by atoms with Gasteiger partial charge in [0.05, 0.1) is 17.9 Å². The molecule has 0 saturated carbocycles. The number of nitrogens with zero attached hydrogens (tertiary/aromatic N) is 1. The van der Waals surface area contributed by atoms with Crippen LogP contribution >= 0.6 is 15.9 Å². The molecular formula is C17H25BrN2O. The Balaban J connectivity index is 1.64. The van der Waals surface area contributed by atoms with Crippen LogP contribution in [0.25, 0.3) is 0 Å². The van der Waals surface area contributed by atoms with E-state index in [1.807, 2.05) is 0 Å². The number of morpholine rings is 1. The SMILES string of the molecule is CC(C)CNCc1ccc(N2CC3CCC(C2)O3)c(Br)c1. The van der Waals surface area contributed by atoms with Gasteiger partial charge in [-0.25, -0.2) is 0 Å². The molecule has 2 saturated heterocycles. The van der Waals surface area contributed by atoms with Gasteiger partial charge in [-0.15, -0.1) is 0 Å². The maximum Gasteiger partial charge on any atom is 0.0755 e. The predicted octanol–water partition coefficient (Wildman–Crippen LogP) is 3.56. The number of hydrogen-bond acceptors (Lipinski definition) is 3. The Morgan fingerprint density at radius 3 is 2.62 bits per heavy atom. The van der Waals surface area contributed by atoms with Crippen LogP contribution < -0.4 is 10.2 Å². The Hall–Kier alpha value is -0.580. The minimum absolute atomic E-state index is 0.433. The third kappa shape index (κ3) is 3.79. The minimum Gasteiger partial charge on any atom is -0.371 e. The number of anilines is 1. The summed E-state index contributed by atoms with van der Waals surface area (Å²) in [6.07, 6.45) is 3.30. The fourth-order valence-electron chi connectivity index (χ4n) is 3.23. The Bertz CT molecular complexity index is 480. The molecule has 2 aliphatic heterocycles.